The van der Waals surface area contributed by atoms with Crippen LogP contribution in [0.4, 0.5) is 5.69 Å². The van der Waals surface area contributed by atoms with Gasteiger partial charge in [0.1, 0.15) is 0 Å². The molecule has 0 bridgehead atoms. The van der Waals surface area contributed by atoms with Crippen LogP contribution in [0.1, 0.15) is 21.5 Å². The van der Waals surface area contributed by atoms with Crippen molar-refractivity contribution in [3.05, 3.63) is 52.0 Å². The van der Waals surface area contributed by atoms with Gasteiger partial charge in [-0.2, -0.15) is 0 Å². The van der Waals surface area contributed by atoms with E-state index in [9.17, 15) is 9.90 Å². The fraction of sp³-hybridized carbons (Fsp3) is 0.133. The van der Waals surface area contributed by atoms with Crippen molar-refractivity contribution in [2.24, 2.45) is 0 Å². The number of carbonyl (C=O) groups is 1. The average Bonchev–Trinajstić information content (AvgIpc) is 2.34. The van der Waals surface area contributed by atoms with E-state index in [1.54, 1.807) is 6.07 Å². The number of carboxylic acid groups (broad SMARTS) is 1. The van der Waals surface area contributed by atoms with Crippen LogP contribution in [0.5, 0.6) is 0 Å². The van der Waals surface area contributed by atoms with Crippen molar-refractivity contribution < 1.29 is 9.90 Å². The highest BCUT2D eigenvalue weighted by atomic mass is 35.5. The summed E-state index contributed by atoms with van der Waals surface area (Å²) in [5.41, 5.74) is 8.37. The Hall–Kier alpha value is -1.65. The third kappa shape index (κ3) is 3.08. The first-order valence-corrected chi connectivity index (χ1v) is 7.15. The van der Waals surface area contributed by atoms with Gasteiger partial charge in [0.25, 0.3) is 0 Å². The molecule has 0 aliphatic rings. The molecule has 0 amide bonds. The molecule has 0 unspecified atom stereocenters. The van der Waals surface area contributed by atoms with Crippen LogP contribution >= 0.6 is 23.4 Å². The van der Waals surface area contributed by atoms with Crippen LogP contribution in [0.2, 0.25) is 5.02 Å². The first-order chi connectivity index (χ1) is 9.38. The quantitative estimate of drug-likeness (QED) is 0.826. The summed E-state index contributed by atoms with van der Waals surface area (Å²) < 4.78 is 0. The molecule has 104 valence electrons. The summed E-state index contributed by atoms with van der Waals surface area (Å²) in [5.74, 6) is -1.04. The van der Waals surface area contributed by atoms with Gasteiger partial charge >= 0.3 is 5.97 Å². The number of hydrogen-bond acceptors (Lipinski definition) is 3. The van der Waals surface area contributed by atoms with E-state index in [0.717, 1.165) is 16.0 Å². The fourth-order valence-electron chi connectivity index (χ4n) is 1.90. The van der Waals surface area contributed by atoms with E-state index in [2.05, 4.69) is 0 Å². The van der Waals surface area contributed by atoms with E-state index in [1.165, 1.54) is 17.8 Å². The van der Waals surface area contributed by atoms with Gasteiger partial charge < -0.3 is 10.8 Å². The van der Waals surface area contributed by atoms with Crippen LogP contribution in [0.3, 0.4) is 0 Å². The zero-order valence-corrected chi connectivity index (χ0v) is 12.7. The molecule has 2 rings (SSSR count). The van der Waals surface area contributed by atoms with Gasteiger partial charge in [0.15, 0.2) is 0 Å². The van der Waals surface area contributed by atoms with Gasteiger partial charge in [-0.15, -0.1) is 0 Å². The lowest BCUT2D eigenvalue weighted by atomic mass is 10.2. The van der Waals surface area contributed by atoms with Crippen LogP contribution in [0.25, 0.3) is 0 Å². The van der Waals surface area contributed by atoms with Gasteiger partial charge in [0, 0.05) is 15.5 Å². The van der Waals surface area contributed by atoms with Crippen molar-refractivity contribution in [3.8, 4) is 0 Å². The molecule has 0 aromatic heterocycles. The highest BCUT2D eigenvalue weighted by Gasteiger charge is 2.16. The molecule has 0 heterocycles. The minimum absolute atomic E-state index is 0.125. The summed E-state index contributed by atoms with van der Waals surface area (Å²) in [5, 5.41) is 9.63. The molecule has 0 spiro atoms. The van der Waals surface area contributed by atoms with E-state index < -0.39 is 5.97 Å². The molecule has 0 radical (unpaired) electrons. The first-order valence-electron chi connectivity index (χ1n) is 5.96. The van der Waals surface area contributed by atoms with Gasteiger partial charge in [-0.1, -0.05) is 41.1 Å². The Labute approximate surface area is 126 Å². The highest BCUT2D eigenvalue weighted by molar-refractivity contribution is 7.99. The van der Waals surface area contributed by atoms with E-state index >= 15 is 0 Å². The lowest BCUT2D eigenvalue weighted by molar-refractivity contribution is 0.0693. The van der Waals surface area contributed by atoms with E-state index in [1.807, 2.05) is 32.0 Å². The predicted molar refractivity (Wildman–Crippen MR) is 82.9 cm³/mol. The third-order valence-corrected chi connectivity index (χ3v) is 4.57. The molecule has 0 aliphatic heterocycles. The molecule has 5 heteroatoms. The molecule has 0 saturated heterocycles. The smallest absolute Gasteiger partial charge is 0.336 e. The largest absolute Gasteiger partial charge is 0.478 e. The summed E-state index contributed by atoms with van der Waals surface area (Å²) in [6.07, 6.45) is 0. The van der Waals surface area contributed by atoms with Crippen molar-refractivity contribution in [1.29, 1.82) is 0 Å². The summed E-state index contributed by atoms with van der Waals surface area (Å²) in [4.78, 5) is 12.8. The van der Waals surface area contributed by atoms with Crippen LogP contribution in [0.15, 0.2) is 40.1 Å². The molecule has 3 nitrogen and oxygen atoms in total. The van der Waals surface area contributed by atoms with Gasteiger partial charge in [-0.25, -0.2) is 4.79 Å². The van der Waals surface area contributed by atoms with Crippen molar-refractivity contribution >= 4 is 35.0 Å². The number of nitrogen functional groups attached to an aromatic ring is 1. The number of benzene rings is 2. The molecular weight excluding hydrogens is 294 g/mol. The topological polar surface area (TPSA) is 63.3 Å². The number of hydrogen-bond donors (Lipinski definition) is 2. The SMILES string of the molecule is Cc1ccc(Sc2c(Cl)cc(N)cc2C(=O)O)c(C)c1. The second-order valence-corrected chi connectivity index (χ2v) is 6.01. The second kappa shape index (κ2) is 5.77. The molecule has 0 atom stereocenters. The molecular formula is C15H14ClNO2S. The van der Waals surface area contributed by atoms with Crippen molar-refractivity contribution in [3.63, 3.8) is 0 Å². The highest BCUT2D eigenvalue weighted by Crippen LogP contribution is 2.39. The zero-order valence-electron chi connectivity index (χ0n) is 11.1. The fourth-order valence-corrected chi connectivity index (χ4v) is 3.23. The predicted octanol–water partition coefficient (Wildman–Crippen LogP) is 4.39. The van der Waals surface area contributed by atoms with Crippen molar-refractivity contribution in [1.82, 2.24) is 0 Å². The monoisotopic (exact) mass is 307 g/mol. The summed E-state index contributed by atoms with van der Waals surface area (Å²) in [6, 6.07) is 9.00. The lowest BCUT2D eigenvalue weighted by Gasteiger charge is -2.11. The Kier molecular flexibility index (Phi) is 4.26. The van der Waals surface area contributed by atoms with Crippen molar-refractivity contribution in [2.45, 2.75) is 23.6 Å². The maximum Gasteiger partial charge on any atom is 0.336 e. The van der Waals surface area contributed by atoms with E-state index in [4.69, 9.17) is 17.3 Å². The molecule has 2 aromatic rings. The Morgan fingerprint density at radius 2 is 1.95 bits per heavy atom. The van der Waals surface area contributed by atoms with Crippen LogP contribution in [-0.4, -0.2) is 11.1 Å². The second-order valence-electron chi connectivity index (χ2n) is 4.56. The van der Waals surface area contributed by atoms with Gasteiger partial charge in [-0.05, 0) is 37.6 Å². The number of aromatic carboxylic acids is 1. The van der Waals surface area contributed by atoms with E-state index in [0.29, 0.717) is 15.6 Å². The maximum absolute atomic E-state index is 11.3. The first kappa shape index (κ1) is 14.8. The standard InChI is InChI=1S/C15H14ClNO2S/c1-8-3-4-13(9(2)5-8)20-14-11(15(18)19)6-10(17)7-12(14)16/h3-7H,17H2,1-2H3,(H,18,19). The third-order valence-electron chi connectivity index (χ3n) is 2.84. The van der Waals surface area contributed by atoms with Crippen LogP contribution in [0, 0.1) is 13.8 Å². The number of nitrogens with two attached hydrogens (primary N) is 1. The molecule has 3 N–H and O–H groups in total. The van der Waals surface area contributed by atoms with Gasteiger partial charge in [-0.3, -0.25) is 0 Å². The molecule has 0 fully saturated rings. The van der Waals surface area contributed by atoms with Gasteiger partial charge in [0.2, 0.25) is 0 Å². The summed E-state index contributed by atoms with van der Waals surface area (Å²) >= 11 is 7.49. The van der Waals surface area contributed by atoms with Crippen LogP contribution in [-0.2, 0) is 0 Å². The van der Waals surface area contributed by atoms with E-state index in [-0.39, 0.29) is 5.56 Å². The lowest BCUT2D eigenvalue weighted by Crippen LogP contribution is -2.01. The number of rotatable bonds is 3. The Morgan fingerprint density at radius 1 is 1.25 bits per heavy atom. The molecule has 20 heavy (non-hydrogen) atoms. The molecule has 2 aromatic carbocycles. The number of aryl methyl sites for hydroxylation is 2. The summed E-state index contributed by atoms with van der Waals surface area (Å²) in [6.45, 7) is 4.00. The van der Waals surface area contributed by atoms with Crippen LogP contribution < -0.4 is 5.73 Å². The number of halogens is 1. The minimum Gasteiger partial charge on any atom is -0.478 e. The Bertz CT molecular complexity index is 686. The molecule has 0 saturated carbocycles. The maximum atomic E-state index is 11.3. The van der Waals surface area contributed by atoms with Gasteiger partial charge in [0.05, 0.1) is 10.6 Å². The average molecular weight is 308 g/mol. The molecule has 0 aliphatic carbocycles. The normalized spacial score (nSPS) is 10.6. The number of anilines is 1. The number of carboxylic acids is 1. The Morgan fingerprint density at radius 3 is 2.55 bits per heavy atom. The Balaban J connectivity index is 2.50. The van der Waals surface area contributed by atoms with Crippen molar-refractivity contribution in [2.75, 3.05) is 5.73 Å². The summed E-state index contributed by atoms with van der Waals surface area (Å²) in [7, 11) is 0. The minimum atomic E-state index is -1.04. The zero-order chi connectivity index (χ0) is 14.9.